The van der Waals surface area contributed by atoms with E-state index in [1.807, 2.05) is 0 Å². The molecule has 1 aliphatic rings. The zero-order valence-corrected chi connectivity index (χ0v) is 17.6. The van der Waals surface area contributed by atoms with Gasteiger partial charge in [0.25, 0.3) is 5.91 Å². The standard InChI is InChI=1S/C20H21F6N7O/c21-19(22,23)10-32-8-13(17(27)31-32)18(34)29-12-6-4-11(5-7-12)28-15-2-1-3-16-30-14(9-33(15)16)20(24,25)26/h1-3,8-9,11-12,28H,4-7,10H2,(H2,27,31)(H,29,34). The van der Waals surface area contributed by atoms with Gasteiger partial charge in [-0.3, -0.25) is 13.9 Å². The van der Waals surface area contributed by atoms with Gasteiger partial charge in [0.1, 0.15) is 23.6 Å². The number of rotatable bonds is 5. The van der Waals surface area contributed by atoms with Crippen LogP contribution in [-0.2, 0) is 12.7 Å². The Hall–Kier alpha value is -3.45. The Morgan fingerprint density at radius 1 is 1.06 bits per heavy atom. The van der Waals surface area contributed by atoms with E-state index in [4.69, 9.17) is 5.73 Å². The Morgan fingerprint density at radius 3 is 2.38 bits per heavy atom. The van der Waals surface area contributed by atoms with Crippen molar-refractivity contribution in [3.8, 4) is 0 Å². The zero-order chi connectivity index (χ0) is 24.7. The Bertz CT molecular complexity index is 1170. The molecule has 34 heavy (non-hydrogen) atoms. The van der Waals surface area contributed by atoms with E-state index in [2.05, 4.69) is 20.7 Å². The minimum absolute atomic E-state index is 0.0462. The van der Waals surface area contributed by atoms with Crippen molar-refractivity contribution < 1.29 is 31.1 Å². The van der Waals surface area contributed by atoms with Crippen LogP contribution in [0.4, 0.5) is 38.0 Å². The molecule has 1 aliphatic carbocycles. The van der Waals surface area contributed by atoms with Gasteiger partial charge in [-0.1, -0.05) is 6.07 Å². The first-order valence-corrected chi connectivity index (χ1v) is 10.4. The largest absolute Gasteiger partial charge is 0.434 e. The molecule has 4 N–H and O–H groups in total. The smallest absolute Gasteiger partial charge is 0.382 e. The van der Waals surface area contributed by atoms with E-state index in [0.29, 0.717) is 36.2 Å². The molecule has 8 nitrogen and oxygen atoms in total. The van der Waals surface area contributed by atoms with E-state index >= 15 is 0 Å². The van der Waals surface area contributed by atoms with Gasteiger partial charge in [-0.05, 0) is 37.8 Å². The van der Waals surface area contributed by atoms with Crippen molar-refractivity contribution >= 4 is 23.2 Å². The van der Waals surface area contributed by atoms with Crippen molar-refractivity contribution in [2.75, 3.05) is 11.1 Å². The quantitative estimate of drug-likeness (QED) is 0.473. The van der Waals surface area contributed by atoms with Gasteiger partial charge in [0.15, 0.2) is 11.5 Å². The molecule has 14 heteroatoms. The molecule has 0 radical (unpaired) electrons. The topological polar surface area (TPSA) is 102 Å². The summed E-state index contributed by atoms with van der Waals surface area (Å²) in [6.45, 7) is -1.35. The minimum atomic E-state index is -4.55. The number of imidazole rings is 1. The second-order valence-electron chi connectivity index (χ2n) is 8.17. The summed E-state index contributed by atoms with van der Waals surface area (Å²) in [5.41, 5.74) is 4.66. The minimum Gasteiger partial charge on any atom is -0.382 e. The summed E-state index contributed by atoms with van der Waals surface area (Å²) in [7, 11) is 0. The molecule has 0 aromatic carbocycles. The number of alkyl halides is 6. The molecule has 1 saturated carbocycles. The first-order valence-electron chi connectivity index (χ1n) is 10.4. The highest BCUT2D eigenvalue weighted by Gasteiger charge is 2.34. The summed E-state index contributed by atoms with van der Waals surface area (Å²) >= 11 is 0. The number of anilines is 2. The third-order valence-electron chi connectivity index (χ3n) is 5.57. The molecule has 1 fully saturated rings. The SMILES string of the molecule is Nc1nn(CC(F)(F)F)cc1C(=O)NC1CCC(Nc2cccc3nc(C(F)(F)F)cn23)CC1. The number of aromatic nitrogens is 4. The number of hydrogen-bond donors (Lipinski definition) is 3. The molecule has 3 aromatic rings. The lowest BCUT2D eigenvalue weighted by molar-refractivity contribution is -0.142. The van der Waals surface area contributed by atoms with Crippen molar-refractivity contribution in [1.82, 2.24) is 24.5 Å². The molecule has 3 aromatic heterocycles. The first kappa shape index (κ1) is 23.7. The summed E-state index contributed by atoms with van der Waals surface area (Å²) in [6, 6.07) is 4.48. The molecule has 0 spiro atoms. The lowest BCUT2D eigenvalue weighted by Gasteiger charge is -2.30. The molecule has 4 rings (SSSR count). The van der Waals surface area contributed by atoms with Crippen LogP contribution in [0, 0.1) is 0 Å². The van der Waals surface area contributed by atoms with Crippen LogP contribution in [0.25, 0.3) is 5.65 Å². The number of nitrogens with one attached hydrogen (secondary N) is 2. The number of nitrogen functional groups attached to an aromatic ring is 1. The van der Waals surface area contributed by atoms with E-state index in [0.717, 1.165) is 12.4 Å². The van der Waals surface area contributed by atoms with Crippen molar-refractivity contribution in [2.24, 2.45) is 0 Å². The highest BCUT2D eigenvalue weighted by Crippen LogP contribution is 2.30. The predicted octanol–water partition coefficient (Wildman–Crippen LogP) is 3.85. The van der Waals surface area contributed by atoms with E-state index in [9.17, 15) is 31.1 Å². The molecule has 0 aliphatic heterocycles. The Kier molecular flexibility index (Phi) is 6.08. The fourth-order valence-corrected chi connectivity index (χ4v) is 4.00. The number of amides is 1. The van der Waals surface area contributed by atoms with Crippen molar-refractivity contribution in [3.05, 3.63) is 41.9 Å². The van der Waals surface area contributed by atoms with Crippen molar-refractivity contribution in [3.63, 3.8) is 0 Å². The molecule has 0 unspecified atom stereocenters. The van der Waals surface area contributed by atoms with Crippen LogP contribution in [-0.4, -0.2) is 43.3 Å². The average molecular weight is 489 g/mol. The molecule has 0 saturated heterocycles. The lowest BCUT2D eigenvalue weighted by Crippen LogP contribution is -2.40. The zero-order valence-electron chi connectivity index (χ0n) is 17.6. The van der Waals surface area contributed by atoms with Gasteiger partial charge in [-0.25, -0.2) is 4.98 Å². The summed E-state index contributed by atoms with van der Waals surface area (Å²) in [5, 5.41) is 9.53. The summed E-state index contributed by atoms with van der Waals surface area (Å²) in [5.74, 6) is -0.424. The van der Waals surface area contributed by atoms with Gasteiger partial charge in [0.05, 0.1) is 0 Å². The Morgan fingerprint density at radius 2 is 1.74 bits per heavy atom. The molecular weight excluding hydrogens is 468 g/mol. The van der Waals surface area contributed by atoms with Gasteiger partial charge >= 0.3 is 12.4 Å². The third-order valence-corrected chi connectivity index (χ3v) is 5.57. The molecular formula is C20H21F6N7O. The maximum Gasteiger partial charge on any atom is 0.434 e. The van der Waals surface area contributed by atoms with E-state index in [-0.39, 0.29) is 29.1 Å². The maximum absolute atomic E-state index is 13.0. The van der Waals surface area contributed by atoms with Gasteiger partial charge in [0.2, 0.25) is 0 Å². The number of hydrogen-bond acceptors (Lipinski definition) is 5. The van der Waals surface area contributed by atoms with Crippen LogP contribution in [0.1, 0.15) is 41.7 Å². The van der Waals surface area contributed by atoms with Crippen LogP contribution in [0.5, 0.6) is 0 Å². The second-order valence-corrected chi connectivity index (χ2v) is 8.17. The average Bonchev–Trinajstić information content (AvgIpc) is 3.32. The molecule has 184 valence electrons. The molecule has 0 bridgehead atoms. The van der Waals surface area contributed by atoms with Gasteiger partial charge < -0.3 is 16.4 Å². The summed E-state index contributed by atoms with van der Waals surface area (Å²) < 4.78 is 78.5. The van der Waals surface area contributed by atoms with Crippen LogP contribution in [0.3, 0.4) is 0 Å². The van der Waals surface area contributed by atoms with Crippen LogP contribution >= 0.6 is 0 Å². The maximum atomic E-state index is 13.0. The number of fused-ring (bicyclic) bond motifs is 1. The summed E-state index contributed by atoms with van der Waals surface area (Å²) in [6.07, 6.45) is -4.78. The number of carbonyl (C=O) groups is 1. The fraction of sp³-hybridized carbons (Fsp3) is 0.450. The van der Waals surface area contributed by atoms with Gasteiger partial charge in [-0.2, -0.15) is 31.4 Å². The number of halogens is 6. The van der Waals surface area contributed by atoms with Crippen LogP contribution in [0.2, 0.25) is 0 Å². The fourth-order valence-electron chi connectivity index (χ4n) is 4.00. The lowest BCUT2D eigenvalue weighted by atomic mass is 9.91. The van der Waals surface area contributed by atoms with Crippen molar-refractivity contribution in [2.45, 2.75) is 56.7 Å². The Balaban J connectivity index is 1.35. The molecule has 0 atom stereocenters. The van der Waals surface area contributed by atoms with Crippen LogP contribution in [0.15, 0.2) is 30.6 Å². The monoisotopic (exact) mass is 489 g/mol. The predicted molar refractivity (Wildman–Crippen MR) is 110 cm³/mol. The highest BCUT2D eigenvalue weighted by atomic mass is 19.4. The highest BCUT2D eigenvalue weighted by molar-refractivity contribution is 5.98. The summed E-state index contributed by atoms with van der Waals surface area (Å²) in [4.78, 5) is 16.1. The number of nitrogens with two attached hydrogens (primary N) is 1. The number of nitrogens with zero attached hydrogens (tertiary/aromatic N) is 4. The molecule has 3 heterocycles. The van der Waals surface area contributed by atoms with Crippen molar-refractivity contribution in [1.29, 1.82) is 0 Å². The van der Waals surface area contributed by atoms with Gasteiger partial charge in [0, 0.05) is 24.5 Å². The third kappa shape index (κ3) is 5.37. The second kappa shape index (κ2) is 8.72. The molecule has 1 amide bonds. The normalized spacial score (nSPS) is 19.4. The number of carbonyl (C=O) groups excluding carboxylic acids is 1. The van der Waals surface area contributed by atoms with E-state index < -0.39 is 30.5 Å². The van der Waals surface area contributed by atoms with E-state index in [1.165, 1.54) is 10.5 Å². The first-order chi connectivity index (χ1) is 15.9. The van der Waals surface area contributed by atoms with Crippen LogP contribution < -0.4 is 16.4 Å². The van der Waals surface area contributed by atoms with E-state index in [1.54, 1.807) is 12.1 Å². The number of pyridine rings is 1. The van der Waals surface area contributed by atoms with Gasteiger partial charge in [-0.15, -0.1) is 0 Å². The Labute approximate surface area is 189 Å².